The van der Waals surface area contributed by atoms with Crippen LogP contribution in [0.15, 0.2) is 0 Å². The van der Waals surface area contributed by atoms with Gasteiger partial charge in [0.1, 0.15) is 0 Å². The van der Waals surface area contributed by atoms with E-state index in [9.17, 15) is 0 Å². The van der Waals surface area contributed by atoms with Crippen molar-refractivity contribution >= 4 is 0 Å². The number of hydrogen-bond donors (Lipinski definition) is 1. The predicted molar refractivity (Wildman–Crippen MR) is 81.0 cm³/mol. The van der Waals surface area contributed by atoms with Crippen molar-refractivity contribution in [2.45, 2.75) is 72.9 Å². The predicted octanol–water partition coefficient (Wildman–Crippen LogP) is 3.52. The average Bonchev–Trinajstić information content (AvgIpc) is 3.03. The SMILES string of the molecule is CCNC(CCN(CC1CC1)C(C)C)C(C)(C)C. The van der Waals surface area contributed by atoms with Crippen LogP contribution in [0.5, 0.6) is 0 Å². The molecule has 1 aliphatic carbocycles. The second-order valence-electron chi connectivity index (χ2n) is 7.30. The smallest absolute Gasteiger partial charge is 0.0128 e. The molecule has 0 aromatic carbocycles. The first-order chi connectivity index (χ1) is 8.34. The summed E-state index contributed by atoms with van der Waals surface area (Å²) in [7, 11) is 0. The molecule has 1 atom stereocenters. The highest BCUT2D eigenvalue weighted by Gasteiger charge is 2.28. The minimum absolute atomic E-state index is 0.359. The molecule has 0 radical (unpaired) electrons. The van der Waals surface area contributed by atoms with E-state index in [-0.39, 0.29) is 0 Å². The van der Waals surface area contributed by atoms with Crippen molar-refractivity contribution in [3.63, 3.8) is 0 Å². The van der Waals surface area contributed by atoms with E-state index in [1.165, 1.54) is 32.4 Å². The summed E-state index contributed by atoms with van der Waals surface area (Å²) >= 11 is 0. The maximum Gasteiger partial charge on any atom is 0.0128 e. The second kappa shape index (κ2) is 6.91. The number of nitrogens with one attached hydrogen (secondary N) is 1. The molecule has 0 saturated heterocycles. The van der Waals surface area contributed by atoms with Crippen LogP contribution in [0, 0.1) is 11.3 Å². The highest BCUT2D eigenvalue weighted by atomic mass is 15.2. The largest absolute Gasteiger partial charge is 0.314 e. The van der Waals surface area contributed by atoms with E-state index < -0.39 is 0 Å². The van der Waals surface area contributed by atoms with Crippen LogP contribution >= 0.6 is 0 Å². The van der Waals surface area contributed by atoms with Gasteiger partial charge in [-0.15, -0.1) is 0 Å². The van der Waals surface area contributed by atoms with Crippen LogP contribution in [0.4, 0.5) is 0 Å². The van der Waals surface area contributed by atoms with Crippen molar-refractivity contribution < 1.29 is 0 Å². The minimum Gasteiger partial charge on any atom is -0.314 e. The Bertz CT molecular complexity index is 226. The van der Waals surface area contributed by atoms with Crippen LogP contribution in [0.3, 0.4) is 0 Å². The van der Waals surface area contributed by atoms with E-state index in [2.05, 4.69) is 51.8 Å². The van der Waals surface area contributed by atoms with Crippen LogP contribution in [-0.4, -0.2) is 36.6 Å². The van der Waals surface area contributed by atoms with E-state index in [4.69, 9.17) is 0 Å². The van der Waals surface area contributed by atoms with E-state index in [1.807, 2.05) is 0 Å². The van der Waals surface area contributed by atoms with Crippen molar-refractivity contribution in [3.05, 3.63) is 0 Å². The van der Waals surface area contributed by atoms with E-state index in [1.54, 1.807) is 0 Å². The topological polar surface area (TPSA) is 15.3 Å². The molecule has 1 saturated carbocycles. The number of hydrogen-bond acceptors (Lipinski definition) is 2. The molecule has 0 spiro atoms. The molecule has 1 fully saturated rings. The molecule has 0 bridgehead atoms. The van der Waals surface area contributed by atoms with Gasteiger partial charge in [-0.3, -0.25) is 0 Å². The molecular formula is C16H34N2. The summed E-state index contributed by atoms with van der Waals surface area (Å²) < 4.78 is 0. The van der Waals surface area contributed by atoms with Gasteiger partial charge in [0.25, 0.3) is 0 Å². The van der Waals surface area contributed by atoms with Crippen molar-refractivity contribution in [1.29, 1.82) is 0 Å². The monoisotopic (exact) mass is 254 g/mol. The zero-order valence-electron chi connectivity index (χ0n) is 13.4. The molecule has 0 amide bonds. The third-order valence-corrected chi connectivity index (χ3v) is 4.12. The maximum atomic E-state index is 3.66. The van der Waals surface area contributed by atoms with Gasteiger partial charge in [0, 0.05) is 18.6 Å². The summed E-state index contributed by atoms with van der Waals surface area (Å²) in [5, 5.41) is 3.66. The van der Waals surface area contributed by atoms with Gasteiger partial charge in [-0.05, 0) is 57.5 Å². The lowest BCUT2D eigenvalue weighted by Crippen LogP contribution is -2.44. The molecule has 1 aliphatic rings. The fourth-order valence-corrected chi connectivity index (χ4v) is 2.57. The molecule has 0 heterocycles. The third kappa shape index (κ3) is 5.71. The Morgan fingerprint density at radius 2 is 1.83 bits per heavy atom. The fourth-order valence-electron chi connectivity index (χ4n) is 2.57. The Morgan fingerprint density at radius 1 is 1.22 bits per heavy atom. The first-order valence-electron chi connectivity index (χ1n) is 7.82. The summed E-state index contributed by atoms with van der Waals surface area (Å²) in [5.74, 6) is 1.000. The van der Waals surface area contributed by atoms with Gasteiger partial charge in [-0.2, -0.15) is 0 Å². The van der Waals surface area contributed by atoms with Gasteiger partial charge in [-0.1, -0.05) is 27.7 Å². The van der Waals surface area contributed by atoms with E-state index >= 15 is 0 Å². The van der Waals surface area contributed by atoms with Crippen molar-refractivity contribution in [3.8, 4) is 0 Å². The third-order valence-electron chi connectivity index (χ3n) is 4.12. The Balaban J connectivity index is 2.41. The molecule has 2 heteroatoms. The van der Waals surface area contributed by atoms with Crippen molar-refractivity contribution in [2.75, 3.05) is 19.6 Å². The van der Waals surface area contributed by atoms with Gasteiger partial charge in [0.15, 0.2) is 0 Å². The molecule has 2 nitrogen and oxygen atoms in total. The number of rotatable bonds is 8. The Kier molecular flexibility index (Phi) is 6.13. The van der Waals surface area contributed by atoms with Gasteiger partial charge in [0.05, 0.1) is 0 Å². The Hall–Kier alpha value is -0.0800. The van der Waals surface area contributed by atoms with Crippen LogP contribution < -0.4 is 5.32 Å². The summed E-state index contributed by atoms with van der Waals surface area (Å²) in [6, 6.07) is 1.32. The van der Waals surface area contributed by atoms with Gasteiger partial charge in [-0.25, -0.2) is 0 Å². The molecule has 108 valence electrons. The van der Waals surface area contributed by atoms with Crippen LogP contribution in [0.25, 0.3) is 0 Å². The lowest BCUT2D eigenvalue weighted by molar-refractivity contribution is 0.173. The quantitative estimate of drug-likeness (QED) is 0.713. The van der Waals surface area contributed by atoms with E-state index in [0.29, 0.717) is 17.5 Å². The molecule has 0 aromatic rings. The highest BCUT2D eigenvalue weighted by Crippen LogP contribution is 2.30. The summed E-state index contributed by atoms with van der Waals surface area (Å²) in [5.41, 5.74) is 0.359. The fraction of sp³-hybridized carbons (Fsp3) is 1.00. The lowest BCUT2D eigenvalue weighted by atomic mass is 9.84. The molecule has 1 rings (SSSR count). The normalized spacial score (nSPS) is 18.7. The summed E-state index contributed by atoms with van der Waals surface area (Å²) in [4.78, 5) is 2.67. The summed E-state index contributed by atoms with van der Waals surface area (Å²) in [6.45, 7) is 17.6. The maximum absolute atomic E-state index is 3.66. The zero-order valence-corrected chi connectivity index (χ0v) is 13.4. The average molecular weight is 254 g/mol. The molecule has 0 aromatic heterocycles. The molecule has 0 aliphatic heterocycles. The first-order valence-corrected chi connectivity index (χ1v) is 7.82. The minimum atomic E-state index is 0.359. The van der Waals surface area contributed by atoms with Crippen LogP contribution in [0.1, 0.15) is 60.8 Å². The van der Waals surface area contributed by atoms with Gasteiger partial charge in [0.2, 0.25) is 0 Å². The molecule has 1 unspecified atom stereocenters. The molecule has 1 N–H and O–H groups in total. The van der Waals surface area contributed by atoms with Crippen molar-refractivity contribution in [2.24, 2.45) is 11.3 Å². The second-order valence-corrected chi connectivity index (χ2v) is 7.30. The van der Waals surface area contributed by atoms with Gasteiger partial charge >= 0.3 is 0 Å². The standard InChI is InChI=1S/C16H34N2/c1-7-17-15(16(4,5)6)10-11-18(13(2)3)12-14-8-9-14/h13-15,17H,7-12H2,1-6H3. The first kappa shape index (κ1) is 16.0. The highest BCUT2D eigenvalue weighted by molar-refractivity contribution is 4.83. The molecule has 18 heavy (non-hydrogen) atoms. The van der Waals surface area contributed by atoms with Crippen LogP contribution in [0.2, 0.25) is 0 Å². The lowest BCUT2D eigenvalue weighted by Gasteiger charge is -2.35. The summed E-state index contributed by atoms with van der Waals surface area (Å²) in [6.07, 6.45) is 4.18. The van der Waals surface area contributed by atoms with E-state index in [0.717, 1.165) is 12.5 Å². The zero-order chi connectivity index (χ0) is 13.8. The Morgan fingerprint density at radius 3 is 2.22 bits per heavy atom. The van der Waals surface area contributed by atoms with Crippen molar-refractivity contribution in [1.82, 2.24) is 10.2 Å². The number of nitrogens with zero attached hydrogens (tertiary/aromatic N) is 1. The van der Waals surface area contributed by atoms with Gasteiger partial charge < -0.3 is 10.2 Å². The van der Waals surface area contributed by atoms with Crippen LogP contribution in [-0.2, 0) is 0 Å². The molecular weight excluding hydrogens is 220 g/mol. The Labute approximate surface area is 115 Å².